The van der Waals surface area contributed by atoms with Gasteiger partial charge in [0.05, 0.1) is 19.3 Å². The monoisotopic (exact) mass is 570 g/mol. The summed E-state index contributed by atoms with van der Waals surface area (Å²) < 4.78 is 48.1. The predicted molar refractivity (Wildman–Crippen MR) is 153 cm³/mol. The first-order valence-electron chi connectivity index (χ1n) is 14.0. The molecule has 2 aromatic carbocycles. The highest BCUT2D eigenvalue weighted by Gasteiger charge is 2.40. The van der Waals surface area contributed by atoms with Gasteiger partial charge >= 0.3 is 6.18 Å². The molecule has 3 heterocycles. The fourth-order valence-electron chi connectivity index (χ4n) is 5.37. The summed E-state index contributed by atoms with van der Waals surface area (Å²) in [6, 6.07) is 12.7. The third-order valence-corrected chi connectivity index (χ3v) is 7.55. The minimum atomic E-state index is -4.64. The zero-order chi connectivity index (χ0) is 29.0. The van der Waals surface area contributed by atoms with E-state index in [1.807, 2.05) is 56.3 Å². The third-order valence-electron chi connectivity index (χ3n) is 7.55. The summed E-state index contributed by atoms with van der Waals surface area (Å²) in [6.07, 6.45) is -2.35. The molecule has 2 fully saturated rings. The highest BCUT2D eigenvalue weighted by Crippen LogP contribution is 2.41. The molecule has 2 aliphatic rings. The van der Waals surface area contributed by atoms with Crippen LogP contribution >= 0.6 is 0 Å². The molecule has 5 rings (SSSR count). The zero-order valence-corrected chi connectivity index (χ0v) is 23.7. The number of halogens is 3. The number of ether oxygens (including phenoxy) is 1. The number of anilines is 3. The Bertz CT molecular complexity index is 1290. The minimum absolute atomic E-state index is 0.0509. The Balaban J connectivity index is 1.29. The lowest BCUT2D eigenvalue weighted by molar-refractivity contribution is -0.138. The van der Waals surface area contributed by atoms with Gasteiger partial charge in [-0.25, -0.2) is 10.0 Å². The van der Waals surface area contributed by atoms with Crippen LogP contribution in [0.4, 0.5) is 30.6 Å². The average molecular weight is 571 g/mol. The molecule has 0 aliphatic carbocycles. The Morgan fingerprint density at radius 1 is 1.05 bits per heavy atom. The maximum Gasteiger partial charge on any atom is 0.421 e. The normalized spacial score (nSPS) is 18.6. The molecule has 2 saturated heterocycles. The number of aromatic nitrogens is 2. The number of nitrogens with one attached hydrogen (secondary N) is 1. The van der Waals surface area contributed by atoms with E-state index in [4.69, 9.17) is 9.57 Å². The number of piperazine rings is 1. The van der Waals surface area contributed by atoms with Crippen molar-refractivity contribution >= 4 is 17.5 Å². The SMILES string of the molecule is Cc1cc(Nc2ncc(C(F)(F)F)c(N3OCC[C@H]3c3ccccc3)n2)cc(C)c1OCCCN1CCN(C)CC1. The zero-order valence-electron chi connectivity index (χ0n) is 23.7. The Morgan fingerprint density at radius 3 is 2.44 bits per heavy atom. The van der Waals surface area contributed by atoms with Crippen molar-refractivity contribution in [1.82, 2.24) is 19.8 Å². The molecule has 41 heavy (non-hydrogen) atoms. The van der Waals surface area contributed by atoms with Crippen LogP contribution in [0.2, 0.25) is 0 Å². The van der Waals surface area contributed by atoms with Gasteiger partial charge in [0.2, 0.25) is 5.95 Å². The van der Waals surface area contributed by atoms with Crippen molar-refractivity contribution in [3.05, 3.63) is 70.9 Å². The molecule has 0 amide bonds. The van der Waals surface area contributed by atoms with Crippen LogP contribution in [0, 0.1) is 13.8 Å². The van der Waals surface area contributed by atoms with E-state index in [1.165, 1.54) is 5.06 Å². The van der Waals surface area contributed by atoms with E-state index in [1.54, 1.807) is 0 Å². The van der Waals surface area contributed by atoms with Gasteiger partial charge < -0.3 is 19.9 Å². The van der Waals surface area contributed by atoms with Crippen LogP contribution in [0.25, 0.3) is 0 Å². The Kier molecular flexibility index (Phi) is 8.96. The number of likely N-dealkylation sites (N-methyl/N-ethyl adjacent to an activating group) is 1. The minimum Gasteiger partial charge on any atom is -0.493 e. The largest absolute Gasteiger partial charge is 0.493 e. The molecule has 11 heteroatoms. The van der Waals surface area contributed by atoms with Gasteiger partial charge in [-0.05, 0) is 56.1 Å². The van der Waals surface area contributed by atoms with E-state index in [9.17, 15) is 13.2 Å². The molecule has 0 unspecified atom stereocenters. The number of hydrogen-bond donors (Lipinski definition) is 1. The number of rotatable bonds is 9. The van der Waals surface area contributed by atoms with E-state index in [0.717, 1.165) is 67.8 Å². The van der Waals surface area contributed by atoms with E-state index in [-0.39, 0.29) is 11.8 Å². The van der Waals surface area contributed by atoms with Crippen molar-refractivity contribution in [2.24, 2.45) is 0 Å². The van der Waals surface area contributed by atoms with Crippen molar-refractivity contribution in [2.75, 3.05) is 63.4 Å². The average Bonchev–Trinajstić information content (AvgIpc) is 3.43. The van der Waals surface area contributed by atoms with Gasteiger partial charge in [0.25, 0.3) is 0 Å². The van der Waals surface area contributed by atoms with Gasteiger partial charge in [-0.3, -0.25) is 4.84 Å². The first-order valence-corrected chi connectivity index (χ1v) is 14.0. The lowest BCUT2D eigenvalue weighted by Crippen LogP contribution is -2.44. The fraction of sp³-hybridized carbons (Fsp3) is 0.467. The molecule has 8 nitrogen and oxygen atoms in total. The maximum atomic E-state index is 14.0. The number of hydrogen-bond acceptors (Lipinski definition) is 8. The van der Waals surface area contributed by atoms with Crippen LogP contribution in [0.5, 0.6) is 5.75 Å². The predicted octanol–water partition coefficient (Wildman–Crippen LogP) is 5.76. The molecule has 1 N–H and O–H groups in total. The fourth-order valence-corrected chi connectivity index (χ4v) is 5.37. The highest BCUT2D eigenvalue weighted by atomic mass is 19.4. The summed E-state index contributed by atoms with van der Waals surface area (Å²) in [7, 11) is 2.15. The number of alkyl halides is 3. The number of nitrogens with zero attached hydrogens (tertiary/aromatic N) is 5. The number of aryl methyl sites for hydroxylation is 2. The molecule has 1 aromatic heterocycles. The second kappa shape index (κ2) is 12.6. The summed E-state index contributed by atoms with van der Waals surface area (Å²) >= 11 is 0. The smallest absolute Gasteiger partial charge is 0.421 e. The van der Waals surface area contributed by atoms with Crippen LogP contribution in [0.15, 0.2) is 48.7 Å². The topological polar surface area (TPSA) is 66.0 Å². The Labute approximate surface area is 239 Å². The quantitative estimate of drug-likeness (QED) is 0.326. The second-order valence-corrected chi connectivity index (χ2v) is 10.7. The van der Waals surface area contributed by atoms with Crippen LogP contribution in [0.3, 0.4) is 0 Å². The summed E-state index contributed by atoms with van der Waals surface area (Å²) in [6.45, 7) is 10.2. The van der Waals surface area contributed by atoms with Gasteiger partial charge in [0, 0.05) is 51.0 Å². The van der Waals surface area contributed by atoms with Gasteiger partial charge in [-0.15, -0.1) is 0 Å². The van der Waals surface area contributed by atoms with Crippen molar-refractivity contribution in [2.45, 2.75) is 38.9 Å². The summed E-state index contributed by atoms with van der Waals surface area (Å²) in [4.78, 5) is 18.8. The molecule has 1 atom stereocenters. The first-order chi connectivity index (χ1) is 19.7. The molecule has 0 spiro atoms. The van der Waals surface area contributed by atoms with Gasteiger partial charge in [0.15, 0.2) is 5.82 Å². The highest BCUT2D eigenvalue weighted by molar-refractivity contribution is 5.62. The van der Waals surface area contributed by atoms with Crippen LogP contribution < -0.4 is 15.1 Å². The van der Waals surface area contributed by atoms with Crippen LogP contribution in [-0.4, -0.2) is 72.8 Å². The molecule has 220 valence electrons. The van der Waals surface area contributed by atoms with E-state index >= 15 is 0 Å². The van der Waals surface area contributed by atoms with Gasteiger partial charge in [-0.1, -0.05) is 30.3 Å². The summed E-state index contributed by atoms with van der Waals surface area (Å²) in [5.74, 6) is 0.559. The molecule has 0 saturated carbocycles. The van der Waals surface area contributed by atoms with Gasteiger partial charge in [0.1, 0.15) is 11.3 Å². The van der Waals surface area contributed by atoms with E-state index < -0.39 is 17.8 Å². The number of hydroxylamine groups is 1. The lowest BCUT2D eigenvalue weighted by Gasteiger charge is -2.32. The van der Waals surface area contributed by atoms with Gasteiger partial charge in [-0.2, -0.15) is 18.2 Å². The van der Waals surface area contributed by atoms with E-state index in [2.05, 4.69) is 32.1 Å². The van der Waals surface area contributed by atoms with Crippen molar-refractivity contribution in [3.8, 4) is 5.75 Å². The lowest BCUT2D eigenvalue weighted by atomic mass is 10.0. The molecular weight excluding hydrogens is 533 g/mol. The van der Waals surface area contributed by atoms with Crippen molar-refractivity contribution in [3.63, 3.8) is 0 Å². The summed E-state index contributed by atoms with van der Waals surface area (Å²) in [5, 5.41) is 4.35. The summed E-state index contributed by atoms with van der Waals surface area (Å²) in [5.41, 5.74) is 2.42. The molecule has 0 bridgehead atoms. The first kappa shape index (κ1) is 29.1. The number of benzene rings is 2. The van der Waals surface area contributed by atoms with Crippen LogP contribution in [0.1, 0.15) is 41.1 Å². The van der Waals surface area contributed by atoms with E-state index in [0.29, 0.717) is 25.3 Å². The molecule has 3 aromatic rings. The maximum absolute atomic E-state index is 14.0. The molecule has 2 aliphatic heterocycles. The third kappa shape index (κ3) is 7.09. The second-order valence-electron chi connectivity index (χ2n) is 10.7. The standard InChI is InChI=1S/C30H37F3N6O2/c1-21-18-24(19-22(2)27(21)40-16-7-11-38-14-12-37(3)13-15-38)35-29-34-20-25(30(31,32)33)28(36-29)39-26(10-17-41-39)23-8-5-4-6-9-23/h4-6,8-9,18-20,26H,7,10-17H2,1-3H3,(H,34,35,36)/t26-/m0/s1. The molecule has 0 radical (unpaired) electrons. The van der Waals surface area contributed by atoms with Crippen LogP contribution in [-0.2, 0) is 11.0 Å². The Hall–Kier alpha value is -3.41. The van der Waals surface area contributed by atoms with Crippen molar-refractivity contribution in [1.29, 1.82) is 0 Å². The van der Waals surface area contributed by atoms with Crippen molar-refractivity contribution < 1.29 is 22.7 Å². The molecular formula is C30H37F3N6O2. The Morgan fingerprint density at radius 2 is 1.76 bits per heavy atom.